The molecule has 0 saturated heterocycles. The fraction of sp³-hybridized carbons (Fsp3) is 0.172. The molecular formula is C29H21F3N2O3. The van der Waals surface area contributed by atoms with E-state index < -0.39 is 22.9 Å². The third-order valence-corrected chi connectivity index (χ3v) is 6.43. The van der Waals surface area contributed by atoms with Gasteiger partial charge < -0.3 is 14.0 Å². The van der Waals surface area contributed by atoms with Crippen molar-refractivity contribution in [1.29, 1.82) is 5.26 Å². The summed E-state index contributed by atoms with van der Waals surface area (Å²) < 4.78 is 53.6. The van der Waals surface area contributed by atoms with Crippen LogP contribution in [-0.4, -0.2) is 11.4 Å². The van der Waals surface area contributed by atoms with Crippen LogP contribution in [0.4, 0.5) is 13.2 Å². The van der Waals surface area contributed by atoms with Crippen LogP contribution in [0.3, 0.4) is 0 Å². The summed E-state index contributed by atoms with van der Waals surface area (Å²) in [6.07, 6.45) is -4.86. The van der Waals surface area contributed by atoms with Crippen molar-refractivity contribution in [1.82, 2.24) is 4.57 Å². The summed E-state index contributed by atoms with van der Waals surface area (Å²) in [5.74, 6) is 1.26. The third-order valence-electron chi connectivity index (χ3n) is 6.43. The van der Waals surface area contributed by atoms with E-state index in [9.17, 15) is 23.2 Å². The van der Waals surface area contributed by atoms with Crippen molar-refractivity contribution in [3.8, 4) is 40.0 Å². The maximum absolute atomic E-state index is 13.9. The molecule has 37 heavy (non-hydrogen) atoms. The smallest absolute Gasteiger partial charge is 0.417 e. The number of fused-ring (bicyclic) bond motifs is 1. The minimum atomic E-state index is -4.86. The van der Waals surface area contributed by atoms with E-state index in [0.29, 0.717) is 17.1 Å². The maximum Gasteiger partial charge on any atom is 0.417 e. The molecule has 0 bridgehead atoms. The van der Waals surface area contributed by atoms with Gasteiger partial charge in [-0.3, -0.25) is 4.79 Å². The number of ether oxygens (including phenoxy) is 2. The Kier molecular flexibility index (Phi) is 6.00. The molecule has 0 N–H and O–H groups in total. The Hall–Kier alpha value is -4.51. The summed E-state index contributed by atoms with van der Waals surface area (Å²) in [4.78, 5) is 13.3. The summed E-state index contributed by atoms with van der Waals surface area (Å²) in [6.45, 7) is 3.98. The Balaban J connectivity index is 1.64. The van der Waals surface area contributed by atoms with Crippen LogP contribution < -0.4 is 15.0 Å². The van der Waals surface area contributed by atoms with E-state index >= 15 is 0 Å². The number of halogens is 3. The van der Waals surface area contributed by atoms with E-state index in [1.54, 1.807) is 30.3 Å². The van der Waals surface area contributed by atoms with Gasteiger partial charge in [0.15, 0.2) is 11.5 Å². The highest BCUT2D eigenvalue weighted by Gasteiger charge is 2.36. The molecule has 5 nitrogen and oxygen atoms in total. The molecule has 0 fully saturated rings. The molecule has 0 spiro atoms. The number of pyridine rings is 1. The molecule has 0 unspecified atom stereocenters. The maximum atomic E-state index is 13.9. The molecule has 0 aliphatic carbocycles. The van der Waals surface area contributed by atoms with Crippen LogP contribution in [0.5, 0.6) is 11.5 Å². The highest BCUT2D eigenvalue weighted by atomic mass is 19.4. The molecule has 1 aliphatic rings. The number of rotatable bonds is 4. The lowest BCUT2D eigenvalue weighted by molar-refractivity contribution is -0.137. The molecule has 5 rings (SSSR count). The monoisotopic (exact) mass is 502 g/mol. The molecule has 0 radical (unpaired) electrons. The van der Waals surface area contributed by atoms with Gasteiger partial charge in [-0.1, -0.05) is 54.1 Å². The molecule has 0 atom stereocenters. The highest BCUT2D eigenvalue weighted by molar-refractivity contribution is 5.72. The SMILES string of the molecule is Cc1ccc(Cn2c(-c3ccc(-c4ccc5c(c4)OCO5)cc3)cc(C(F)(F)F)c(C#N)c2=O)c(C)c1. The van der Waals surface area contributed by atoms with E-state index in [1.165, 1.54) is 10.6 Å². The lowest BCUT2D eigenvalue weighted by Gasteiger charge is -2.19. The van der Waals surface area contributed by atoms with Crippen LogP contribution >= 0.6 is 0 Å². The largest absolute Gasteiger partial charge is 0.454 e. The van der Waals surface area contributed by atoms with E-state index in [0.717, 1.165) is 33.9 Å². The first-order valence-electron chi connectivity index (χ1n) is 11.5. The first-order chi connectivity index (χ1) is 17.7. The first kappa shape index (κ1) is 24.2. The number of aromatic nitrogens is 1. The van der Waals surface area contributed by atoms with E-state index in [2.05, 4.69) is 0 Å². The number of alkyl halides is 3. The third kappa shape index (κ3) is 4.56. The van der Waals surface area contributed by atoms with Crippen molar-refractivity contribution >= 4 is 0 Å². The zero-order chi connectivity index (χ0) is 26.3. The number of nitrogens with zero attached hydrogens (tertiary/aromatic N) is 2. The number of nitriles is 1. The summed E-state index contributed by atoms with van der Waals surface area (Å²) >= 11 is 0. The van der Waals surface area contributed by atoms with E-state index in [-0.39, 0.29) is 19.0 Å². The van der Waals surface area contributed by atoms with Crippen molar-refractivity contribution in [3.05, 3.63) is 105 Å². The van der Waals surface area contributed by atoms with Crippen LogP contribution in [0.1, 0.15) is 27.8 Å². The summed E-state index contributed by atoms with van der Waals surface area (Å²) in [5, 5.41) is 9.45. The van der Waals surface area contributed by atoms with Gasteiger partial charge in [0.2, 0.25) is 6.79 Å². The van der Waals surface area contributed by atoms with Crippen molar-refractivity contribution < 1.29 is 22.6 Å². The summed E-state index contributed by atoms with van der Waals surface area (Å²) in [5.41, 5.74) is 1.71. The van der Waals surface area contributed by atoms with Gasteiger partial charge in [0, 0.05) is 0 Å². The van der Waals surface area contributed by atoms with Crippen molar-refractivity contribution in [3.63, 3.8) is 0 Å². The van der Waals surface area contributed by atoms with Crippen LogP contribution in [0.15, 0.2) is 71.5 Å². The van der Waals surface area contributed by atoms with Gasteiger partial charge in [-0.15, -0.1) is 0 Å². The zero-order valence-electron chi connectivity index (χ0n) is 20.0. The van der Waals surface area contributed by atoms with Crippen molar-refractivity contribution in [2.75, 3.05) is 6.79 Å². The predicted octanol–water partition coefficient (Wildman–Crippen LogP) is 6.47. The van der Waals surface area contributed by atoms with Crippen LogP contribution in [0.25, 0.3) is 22.4 Å². The topological polar surface area (TPSA) is 64.2 Å². The molecule has 1 aliphatic heterocycles. The Morgan fingerprint density at radius 2 is 1.57 bits per heavy atom. The Labute approximate surface area is 210 Å². The van der Waals surface area contributed by atoms with E-state index in [4.69, 9.17) is 9.47 Å². The van der Waals surface area contributed by atoms with Crippen LogP contribution in [0.2, 0.25) is 0 Å². The van der Waals surface area contributed by atoms with Gasteiger partial charge in [0.25, 0.3) is 5.56 Å². The minimum absolute atomic E-state index is 0.0248. The summed E-state index contributed by atoms with van der Waals surface area (Å²) in [6, 6.07) is 20.4. The second kappa shape index (κ2) is 9.17. The van der Waals surface area contributed by atoms with E-state index in [1.807, 2.05) is 44.2 Å². The highest BCUT2D eigenvalue weighted by Crippen LogP contribution is 2.37. The van der Waals surface area contributed by atoms with Gasteiger partial charge in [0.1, 0.15) is 11.6 Å². The van der Waals surface area contributed by atoms with Gasteiger partial charge in [-0.05, 0) is 59.9 Å². The molecule has 186 valence electrons. The lowest BCUT2D eigenvalue weighted by Crippen LogP contribution is -2.29. The zero-order valence-corrected chi connectivity index (χ0v) is 20.0. The molecule has 1 aromatic heterocycles. The number of hydrogen-bond donors (Lipinski definition) is 0. The second-order valence-corrected chi connectivity index (χ2v) is 8.89. The average Bonchev–Trinajstić information content (AvgIpc) is 3.34. The van der Waals surface area contributed by atoms with Crippen molar-refractivity contribution in [2.45, 2.75) is 26.6 Å². The number of hydrogen-bond acceptors (Lipinski definition) is 4. The standard InChI is InChI=1S/C29H21F3N2O3/c1-17-3-4-22(18(2)11-17)15-34-25(13-24(29(30,31)32)23(14-33)28(34)35)20-7-5-19(6-8-20)21-9-10-26-27(12-21)37-16-36-26/h3-13H,15-16H2,1-2H3. The molecule has 3 aromatic carbocycles. The van der Waals surface area contributed by atoms with Gasteiger partial charge >= 0.3 is 6.18 Å². The number of benzene rings is 3. The first-order valence-corrected chi connectivity index (χ1v) is 11.5. The Morgan fingerprint density at radius 1 is 0.892 bits per heavy atom. The summed E-state index contributed by atoms with van der Waals surface area (Å²) in [7, 11) is 0. The van der Waals surface area contributed by atoms with Gasteiger partial charge in [0.05, 0.1) is 17.8 Å². The normalized spacial score (nSPS) is 12.4. The Morgan fingerprint density at radius 3 is 2.24 bits per heavy atom. The second-order valence-electron chi connectivity index (χ2n) is 8.89. The molecule has 8 heteroatoms. The van der Waals surface area contributed by atoms with Crippen molar-refractivity contribution in [2.24, 2.45) is 0 Å². The van der Waals surface area contributed by atoms with Crippen LogP contribution in [0, 0.1) is 25.2 Å². The van der Waals surface area contributed by atoms with Crippen LogP contribution in [-0.2, 0) is 12.7 Å². The molecule has 4 aromatic rings. The quantitative estimate of drug-likeness (QED) is 0.321. The number of aryl methyl sites for hydroxylation is 2. The fourth-order valence-electron chi connectivity index (χ4n) is 4.48. The molecule has 2 heterocycles. The lowest BCUT2D eigenvalue weighted by atomic mass is 9.99. The molecule has 0 amide bonds. The fourth-order valence-corrected chi connectivity index (χ4v) is 4.48. The molecule has 0 saturated carbocycles. The van der Waals surface area contributed by atoms with Gasteiger partial charge in [-0.25, -0.2) is 0 Å². The minimum Gasteiger partial charge on any atom is -0.454 e. The predicted molar refractivity (Wildman–Crippen MR) is 132 cm³/mol. The average molecular weight is 502 g/mol. The molecular weight excluding hydrogens is 481 g/mol. The van der Waals surface area contributed by atoms with Gasteiger partial charge in [-0.2, -0.15) is 18.4 Å². The Bertz CT molecular complexity index is 1610.